The van der Waals surface area contributed by atoms with Gasteiger partial charge in [-0.25, -0.2) is 0 Å². The second kappa shape index (κ2) is 16.9. The summed E-state index contributed by atoms with van der Waals surface area (Å²) >= 11 is -0.346. The average molecular weight is 215 g/mol. The third-order valence-electron chi connectivity index (χ3n) is 0. The molecule has 1 nitrogen and oxygen atoms in total. The molecule has 0 heterocycles. The molecule has 0 saturated heterocycles. The van der Waals surface area contributed by atoms with E-state index in [1.807, 2.05) is 0 Å². The Balaban J connectivity index is 0. The first-order chi connectivity index (χ1) is 2.83. The number of carbonyl (C=O) groups excluding carboxylic acids is 1. The van der Waals surface area contributed by atoms with Crippen LogP contribution in [0.4, 0.5) is 0 Å². The van der Waals surface area contributed by atoms with Gasteiger partial charge in [0, 0.05) is 0 Å². The molecule has 6 heavy (non-hydrogen) atoms. The molecule has 0 rings (SSSR count). The van der Waals surface area contributed by atoms with Gasteiger partial charge >= 0.3 is 34.5 Å². The normalized spacial score (nSPS) is 5.83. The zero-order valence-corrected chi connectivity index (χ0v) is 6.27. The van der Waals surface area contributed by atoms with Crippen LogP contribution in [0.15, 0.2) is 0 Å². The summed E-state index contributed by atoms with van der Waals surface area (Å²) in [6, 6.07) is 0. The molecule has 0 bridgehead atoms. The predicted molar refractivity (Wildman–Crippen MR) is 23.1 cm³/mol. The molecule has 40 valence electrons. The maximum atomic E-state index is 8.68. The van der Waals surface area contributed by atoms with Gasteiger partial charge in [0.05, 0.1) is 0 Å². The van der Waals surface area contributed by atoms with E-state index in [9.17, 15) is 0 Å². The summed E-state index contributed by atoms with van der Waals surface area (Å²) in [7, 11) is 9.71. The van der Waals surface area contributed by atoms with Gasteiger partial charge in [-0.15, -0.1) is 0 Å². The molecule has 0 aromatic rings. The molecule has 0 aliphatic carbocycles. The summed E-state index contributed by atoms with van der Waals surface area (Å²) < 4.78 is 0. The van der Waals surface area contributed by atoms with E-state index in [2.05, 4.69) is 0 Å². The fourth-order valence-electron chi connectivity index (χ4n) is 0. The van der Waals surface area contributed by atoms with Crippen molar-refractivity contribution < 1.29 is 19.9 Å². The van der Waals surface area contributed by atoms with E-state index in [0.717, 1.165) is 0 Å². The van der Waals surface area contributed by atoms with Gasteiger partial charge in [-0.2, -0.15) is 6.92 Å². The Labute approximate surface area is 52.7 Å². The number of halogens is 2. The molecule has 0 saturated carbocycles. The van der Waals surface area contributed by atoms with Gasteiger partial charge in [0.2, 0.25) is 0 Å². The summed E-state index contributed by atoms with van der Waals surface area (Å²) in [5.41, 5.74) is 0. The minimum atomic E-state index is -0.346. The average Bonchev–Trinajstić information content (AvgIpc) is 1.39. The molecule has 0 fully saturated rings. The van der Waals surface area contributed by atoms with Gasteiger partial charge < -0.3 is 4.79 Å². The second-order valence-electron chi connectivity index (χ2n) is 0.255. The second-order valence-corrected chi connectivity index (χ2v) is 2.89. The van der Waals surface area contributed by atoms with Crippen molar-refractivity contribution in [3.05, 3.63) is 0 Å². The molecule has 0 aromatic carbocycles. The van der Waals surface area contributed by atoms with E-state index >= 15 is 0 Å². The Morgan fingerprint density at radius 1 is 1.67 bits per heavy atom. The van der Waals surface area contributed by atoms with Crippen molar-refractivity contribution in [2.75, 3.05) is 0 Å². The van der Waals surface area contributed by atoms with Crippen molar-refractivity contribution >= 4 is 25.7 Å². The van der Waals surface area contributed by atoms with E-state index < -0.39 is 0 Å². The summed E-state index contributed by atoms with van der Waals surface area (Å²) in [6.07, 6.45) is 1.50. The summed E-state index contributed by atoms with van der Waals surface area (Å²) in [4.78, 5) is 8.68. The van der Waals surface area contributed by atoms with Crippen molar-refractivity contribution in [2.24, 2.45) is 0 Å². The van der Waals surface area contributed by atoms with Crippen LogP contribution in [0.1, 0.15) is 6.92 Å². The van der Waals surface area contributed by atoms with Gasteiger partial charge in [-0.1, -0.05) is 0 Å². The molecule has 0 aliphatic rings. The Bertz CT molecular complexity index is 25.5. The van der Waals surface area contributed by atoms with Crippen molar-refractivity contribution in [3.8, 4) is 0 Å². The zero-order chi connectivity index (χ0) is 5.41. The molecule has 0 unspecified atom stereocenters. The van der Waals surface area contributed by atoms with Crippen molar-refractivity contribution in [3.63, 3.8) is 0 Å². The SMILES string of the molecule is C[C-]=O.[Cl][Ru][Cl]. The third-order valence-corrected chi connectivity index (χ3v) is 0. The standard InChI is InChI=1S/C2H3O.2ClH.Ru/c1-2-3;;;/h1H3;2*1H;/q-1;;;+2/p-2. The summed E-state index contributed by atoms with van der Waals surface area (Å²) in [5.74, 6) is 0. The zero-order valence-electron chi connectivity index (χ0n) is 3.02. The first-order valence-corrected chi connectivity index (χ1v) is 5.45. The molecule has 0 N–H and O–H groups in total. The minimum absolute atomic E-state index is 0.346. The van der Waals surface area contributed by atoms with Crippen molar-refractivity contribution in [2.45, 2.75) is 6.92 Å². The summed E-state index contributed by atoms with van der Waals surface area (Å²) in [6.45, 7) is 1.32. The van der Waals surface area contributed by atoms with Crippen LogP contribution in [-0.4, -0.2) is 6.29 Å². The Kier molecular flexibility index (Phi) is 28.1. The monoisotopic (exact) mass is 215 g/mol. The van der Waals surface area contributed by atoms with Crippen molar-refractivity contribution in [1.29, 1.82) is 0 Å². The van der Waals surface area contributed by atoms with Gasteiger partial charge in [0.15, 0.2) is 0 Å². The molecule has 0 aliphatic heterocycles. The number of rotatable bonds is 0. The molecule has 0 aromatic heterocycles. The predicted octanol–water partition coefficient (Wildman–Crippen LogP) is 1.49. The van der Waals surface area contributed by atoms with E-state index in [1.54, 1.807) is 0 Å². The fraction of sp³-hybridized carbons (Fsp3) is 0.500. The molecule has 4 heteroatoms. The van der Waals surface area contributed by atoms with Crippen molar-refractivity contribution in [1.82, 2.24) is 0 Å². The van der Waals surface area contributed by atoms with Crippen LogP contribution in [0, 0.1) is 0 Å². The Morgan fingerprint density at radius 2 is 1.67 bits per heavy atom. The van der Waals surface area contributed by atoms with Gasteiger partial charge in [-0.05, 0) is 0 Å². The molecule has 0 atom stereocenters. The third kappa shape index (κ3) is 95.9. The van der Waals surface area contributed by atoms with E-state index in [4.69, 9.17) is 24.2 Å². The van der Waals surface area contributed by atoms with E-state index in [-0.39, 0.29) is 15.1 Å². The van der Waals surface area contributed by atoms with E-state index in [0.29, 0.717) is 0 Å². The number of hydrogen-bond donors (Lipinski definition) is 0. The molecular formula is C2H3Cl2ORu-. The molecule has 0 radical (unpaired) electrons. The number of hydrogen-bond acceptors (Lipinski definition) is 1. The van der Waals surface area contributed by atoms with Crippen LogP contribution in [-0.2, 0) is 19.9 Å². The van der Waals surface area contributed by atoms with Crippen LogP contribution in [0.25, 0.3) is 0 Å². The first kappa shape index (κ1) is 9.98. The quantitative estimate of drug-likeness (QED) is 0.442. The molecule has 0 amide bonds. The van der Waals surface area contributed by atoms with Crippen LogP contribution in [0.5, 0.6) is 0 Å². The summed E-state index contributed by atoms with van der Waals surface area (Å²) in [5, 5.41) is 0. The Morgan fingerprint density at radius 3 is 1.67 bits per heavy atom. The topological polar surface area (TPSA) is 17.1 Å². The van der Waals surface area contributed by atoms with Crippen LogP contribution < -0.4 is 0 Å². The molecular weight excluding hydrogens is 212 g/mol. The van der Waals surface area contributed by atoms with Gasteiger partial charge in [-0.3, -0.25) is 6.29 Å². The van der Waals surface area contributed by atoms with Crippen LogP contribution >= 0.6 is 19.4 Å². The fourth-order valence-corrected chi connectivity index (χ4v) is 0. The van der Waals surface area contributed by atoms with Gasteiger partial charge in [0.25, 0.3) is 0 Å². The van der Waals surface area contributed by atoms with E-state index in [1.165, 1.54) is 13.2 Å². The first-order valence-electron chi connectivity index (χ1n) is 0.971. The van der Waals surface area contributed by atoms with Gasteiger partial charge in [0.1, 0.15) is 0 Å². The van der Waals surface area contributed by atoms with Crippen LogP contribution in [0.2, 0.25) is 0 Å². The molecule has 0 spiro atoms. The Hall–Kier alpha value is 0.873. The maximum absolute atomic E-state index is 8.68. The van der Waals surface area contributed by atoms with Crippen LogP contribution in [0.3, 0.4) is 0 Å².